The molecule has 0 unspecified atom stereocenters. The Labute approximate surface area is 99.7 Å². The molecule has 0 atom stereocenters. The Bertz CT molecular complexity index is 496. The zero-order valence-electron chi connectivity index (χ0n) is 9.66. The van der Waals surface area contributed by atoms with Crippen molar-refractivity contribution in [2.45, 2.75) is 38.3 Å². The van der Waals surface area contributed by atoms with Crippen LogP contribution in [0.3, 0.4) is 0 Å². The predicted octanol–water partition coefficient (Wildman–Crippen LogP) is 1.95. The van der Waals surface area contributed by atoms with Gasteiger partial charge in [0.2, 0.25) is 0 Å². The van der Waals surface area contributed by atoms with Crippen molar-refractivity contribution in [3.63, 3.8) is 0 Å². The Morgan fingerprint density at radius 3 is 2.88 bits per heavy atom. The Kier molecular flexibility index (Phi) is 2.59. The van der Waals surface area contributed by atoms with Gasteiger partial charge in [-0.05, 0) is 18.9 Å². The summed E-state index contributed by atoms with van der Waals surface area (Å²) in [6, 6.07) is 2.60. The van der Waals surface area contributed by atoms with Crippen LogP contribution in [0.5, 0.6) is 5.75 Å². The van der Waals surface area contributed by atoms with Crippen molar-refractivity contribution in [2.24, 2.45) is 0 Å². The van der Waals surface area contributed by atoms with E-state index in [0.717, 1.165) is 5.69 Å². The largest absolute Gasteiger partial charge is 0.505 e. The highest BCUT2D eigenvalue weighted by atomic mass is 16.3. The lowest BCUT2D eigenvalue weighted by Crippen LogP contribution is -2.07. The van der Waals surface area contributed by atoms with E-state index >= 15 is 0 Å². The number of rotatable bonds is 3. The molecule has 5 nitrogen and oxygen atoms in total. The molecule has 2 aromatic heterocycles. The van der Waals surface area contributed by atoms with Crippen molar-refractivity contribution in [2.75, 3.05) is 0 Å². The molecule has 1 N–H and O–H groups in total. The van der Waals surface area contributed by atoms with Gasteiger partial charge < -0.3 is 5.11 Å². The van der Waals surface area contributed by atoms with Gasteiger partial charge in [0.15, 0.2) is 5.75 Å². The minimum absolute atomic E-state index is 0.195. The van der Waals surface area contributed by atoms with Crippen LogP contribution in [-0.4, -0.2) is 24.7 Å². The number of nitrogens with zero attached hydrogens (tertiary/aromatic N) is 4. The van der Waals surface area contributed by atoms with Crippen LogP contribution in [0.25, 0.3) is 0 Å². The van der Waals surface area contributed by atoms with Gasteiger partial charge >= 0.3 is 0 Å². The highest BCUT2D eigenvalue weighted by Crippen LogP contribution is 2.28. The third-order valence-electron chi connectivity index (χ3n) is 3.31. The highest BCUT2D eigenvalue weighted by Gasteiger charge is 2.17. The first kappa shape index (κ1) is 10.4. The lowest BCUT2D eigenvalue weighted by Gasteiger charge is -2.08. The Balaban J connectivity index is 1.71. The van der Waals surface area contributed by atoms with Gasteiger partial charge in [-0.25, -0.2) is 0 Å². The van der Waals surface area contributed by atoms with Gasteiger partial charge in [-0.1, -0.05) is 12.8 Å². The van der Waals surface area contributed by atoms with E-state index < -0.39 is 0 Å². The van der Waals surface area contributed by atoms with Gasteiger partial charge in [0, 0.05) is 6.20 Å². The Morgan fingerprint density at radius 2 is 2.18 bits per heavy atom. The molecule has 0 saturated heterocycles. The first-order chi connectivity index (χ1) is 8.31. The topological polar surface area (TPSA) is 55.9 Å². The number of aromatic nitrogens is 4. The minimum atomic E-state index is 0.195. The normalized spacial score (nSPS) is 16.7. The molecule has 5 heteroatoms. The molecule has 0 spiro atoms. The van der Waals surface area contributed by atoms with Crippen molar-refractivity contribution in [3.05, 3.63) is 30.4 Å². The summed E-state index contributed by atoms with van der Waals surface area (Å²) in [5.74, 6) is 0.195. The number of aromatic hydroxyl groups is 1. The molecule has 17 heavy (non-hydrogen) atoms. The van der Waals surface area contributed by atoms with E-state index in [0.29, 0.717) is 12.6 Å². The van der Waals surface area contributed by atoms with Crippen molar-refractivity contribution in [1.29, 1.82) is 0 Å². The van der Waals surface area contributed by atoms with Crippen LogP contribution in [0.15, 0.2) is 24.7 Å². The lowest BCUT2D eigenvalue weighted by atomic mass is 10.3. The van der Waals surface area contributed by atoms with E-state index in [1.54, 1.807) is 10.9 Å². The van der Waals surface area contributed by atoms with Gasteiger partial charge in [-0.15, -0.1) is 0 Å². The summed E-state index contributed by atoms with van der Waals surface area (Å²) in [4.78, 5) is 0. The summed E-state index contributed by atoms with van der Waals surface area (Å²) >= 11 is 0. The number of hydrogen-bond acceptors (Lipinski definition) is 3. The first-order valence-electron chi connectivity index (χ1n) is 6.07. The van der Waals surface area contributed by atoms with Crippen molar-refractivity contribution in [1.82, 2.24) is 19.6 Å². The zero-order chi connectivity index (χ0) is 11.7. The third-order valence-corrected chi connectivity index (χ3v) is 3.31. The summed E-state index contributed by atoms with van der Waals surface area (Å²) in [5, 5.41) is 17.8. The van der Waals surface area contributed by atoms with Crippen molar-refractivity contribution in [3.8, 4) is 5.75 Å². The van der Waals surface area contributed by atoms with Crippen LogP contribution < -0.4 is 0 Å². The fourth-order valence-corrected chi connectivity index (χ4v) is 2.44. The molecule has 1 aliphatic rings. The van der Waals surface area contributed by atoms with Gasteiger partial charge in [-0.2, -0.15) is 10.2 Å². The molecule has 0 aliphatic heterocycles. The molecule has 3 rings (SSSR count). The second kappa shape index (κ2) is 4.24. The number of hydrogen-bond donors (Lipinski definition) is 1. The maximum atomic E-state index is 9.20. The molecular weight excluding hydrogens is 216 g/mol. The summed E-state index contributed by atoms with van der Waals surface area (Å²) in [6.45, 7) is 0.611. The third kappa shape index (κ3) is 2.18. The van der Waals surface area contributed by atoms with Crippen LogP contribution in [0, 0.1) is 0 Å². The highest BCUT2D eigenvalue weighted by molar-refractivity contribution is 5.10. The Morgan fingerprint density at radius 1 is 1.35 bits per heavy atom. The SMILES string of the molecule is Oc1cnn(Cc2ccn(C3CCCC3)n2)c1. The molecule has 90 valence electrons. The molecule has 1 fully saturated rings. The van der Waals surface area contributed by atoms with Gasteiger partial charge in [-0.3, -0.25) is 9.36 Å². The van der Waals surface area contributed by atoms with E-state index in [2.05, 4.69) is 21.1 Å². The fraction of sp³-hybridized carbons (Fsp3) is 0.500. The second-order valence-corrected chi connectivity index (χ2v) is 4.62. The van der Waals surface area contributed by atoms with Gasteiger partial charge in [0.25, 0.3) is 0 Å². The average molecular weight is 232 g/mol. The molecular formula is C12H16N4O. The molecule has 0 amide bonds. The molecule has 0 radical (unpaired) electrons. The molecule has 2 heterocycles. The van der Waals surface area contributed by atoms with E-state index in [-0.39, 0.29) is 5.75 Å². The van der Waals surface area contributed by atoms with Crippen LogP contribution >= 0.6 is 0 Å². The van der Waals surface area contributed by atoms with Crippen LogP contribution in [-0.2, 0) is 6.54 Å². The summed E-state index contributed by atoms with van der Waals surface area (Å²) in [5.41, 5.74) is 0.986. The lowest BCUT2D eigenvalue weighted by molar-refractivity contribution is 0.459. The van der Waals surface area contributed by atoms with Crippen LogP contribution in [0.2, 0.25) is 0 Å². The average Bonchev–Trinajstić information content (AvgIpc) is 3.00. The Hall–Kier alpha value is -1.78. The van der Waals surface area contributed by atoms with Crippen molar-refractivity contribution >= 4 is 0 Å². The maximum Gasteiger partial charge on any atom is 0.153 e. The van der Waals surface area contributed by atoms with Crippen molar-refractivity contribution < 1.29 is 5.11 Å². The standard InChI is InChI=1S/C12H16N4O/c17-12-7-13-15(9-12)8-10-5-6-16(14-10)11-3-1-2-4-11/h5-7,9,11,17H,1-4,8H2. The fourth-order valence-electron chi connectivity index (χ4n) is 2.44. The van der Waals surface area contributed by atoms with E-state index in [1.165, 1.54) is 31.9 Å². The quantitative estimate of drug-likeness (QED) is 0.880. The van der Waals surface area contributed by atoms with Gasteiger partial charge in [0.1, 0.15) is 0 Å². The van der Waals surface area contributed by atoms with E-state index in [1.807, 2.05) is 6.07 Å². The van der Waals surface area contributed by atoms with E-state index in [9.17, 15) is 5.11 Å². The first-order valence-corrected chi connectivity index (χ1v) is 6.07. The maximum absolute atomic E-state index is 9.20. The monoisotopic (exact) mass is 232 g/mol. The zero-order valence-corrected chi connectivity index (χ0v) is 9.66. The summed E-state index contributed by atoms with van der Waals surface area (Å²) < 4.78 is 3.77. The summed E-state index contributed by atoms with van der Waals surface area (Å²) in [6.07, 6.45) is 10.2. The van der Waals surface area contributed by atoms with E-state index in [4.69, 9.17) is 0 Å². The smallest absolute Gasteiger partial charge is 0.153 e. The molecule has 0 aromatic carbocycles. The minimum Gasteiger partial charge on any atom is -0.505 e. The predicted molar refractivity (Wildman–Crippen MR) is 62.7 cm³/mol. The summed E-state index contributed by atoms with van der Waals surface area (Å²) in [7, 11) is 0. The molecule has 2 aromatic rings. The van der Waals surface area contributed by atoms with Crippen LogP contribution in [0.1, 0.15) is 37.4 Å². The molecule has 0 bridgehead atoms. The van der Waals surface area contributed by atoms with Crippen LogP contribution in [0.4, 0.5) is 0 Å². The molecule has 1 saturated carbocycles. The molecule has 1 aliphatic carbocycles. The van der Waals surface area contributed by atoms with Gasteiger partial charge in [0.05, 0.1) is 30.7 Å². The second-order valence-electron chi connectivity index (χ2n) is 4.62.